The number of aliphatic hydroxyl groups is 1. The van der Waals surface area contributed by atoms with Gasteiger partial charge in [-0.25, -0.2) is 0 Å². The van der Waals surface area contributed by atoms with Gasteiger partial charge in [0.05, 0.1) is 12.7 Å². The summed E-state index contributed by atoms with van der Waals surface area (Å²) < 4.78 is 5.34. The Bertz CT molecular complexity index is 387. The lowest BCUT2D eigenvalue weighted by molar-refractivity contribution is -0.0267. The molecule has 0 radical (unpaired) electrons. The first-order valence-electron chi connectivity index (χ1n) is 6.48. The van der Waals surface area contributed by atoms with Gasteiger partial charge in [-0.3, -0.25) is 0 Å². The average Bonchev–Trinajstić information content (AvgIpc) is 2.42. The van der Waals surface area contributed by atoms with E-state index >= 15 is 0 Å². The second-order valence-corrected chi connectivity index (χ2v) is 4.86. The number of benzene rings is 1. The number of nitrogens with zero attached hydrogens (tertiary/aromatic N) is 1. The summed E-state index contributed by atoms with van der Waals surface area (Å²) >= 11 is 0. The molecule has 100 valence electrons. The molecule has 0 unspecified atom stereocenters. The van der Waals surface area contributed by atoms with E-state index in [-0.39, 0.29) is 0 Å². The van der Waals surface area contributed by atoms with E-state index in [1.54, 1.807) is 7.11 Å². The number of nitrogens with two attached hydrogens (primary N) is 1. The first-order chi connectivity index (χ1) is 8.69. The second kappa shape index (κ2) is 5.69. The number of hydrogen-bond acceptors (Lipinski definition) is 4. The van der Waals surface area contributed by atoms with Crippen LogP contribution in [0.1, 0.15) is 18.4 Å². The molecular formula is C14H22N2O2. The van der Waals surface area contributed by atoms with Crippen LogP contribution in [0.5, 0.6) is 5.75 Å². The van der Waals surface area contributed by atoms with Crippen LogP contribution in [0.2, 0.25) is 0 Å². The molecule has 1 aromatic carbocycles. The maximum absolute atomic E-state index is 10.8. The fraction of sp³-hybridized carbons (Fsp3) is 0.571. The van der Waals surface area contributed by atoms with E-state index in [2.05, 4.69) is 4.90 Å². The Morgan fingerprint density at radius 2 is 2.00 bits per heavy atom. The number of rotatable bonds is 4. The van der Waals surface area contributed by atoms with Gasteiger partial charge in [0.15, 0.2) is 0 Å². The summed E-state index contributed by atoms with van der Waals surface area (Å²) in [6, 6.07) is 7.73. The molecule has 0 amide bonds. The highest BCUT2D eigenvalue weighted by Crippen LogP contribution is 2.37. The minimum absolute atomic E-state index is 0.674. The predicted octanol–water partition coefficient (Wildman–Crippen LogP) is 0.937. The van der Waals surface area contributed by atoms with E-state index in [9.17, 15) is 5.11 Å². The Kier molecular flexibility index (Phi) is 4.22. The highest BCUT2D eigenvalue weighted by atomic mass is 16.5. The molecule has 1 aliphatic rings. The number of para-hydroxylation sites is 1. The number of hydrogen-bond donors (Lipinski definition) is 2. The standard InChI is InChI=1S/C14H22N2O2/c1-18-13-5-3-2-4-12(13)14(17)6-9-16(10-7-14)11-8-15/h2-5,17H,6-11,15H2,1H3. The summed E-state index contributed by atoms with van der Waals surface area (Å²) in [5, 5.41) is 10.8. The Hall–Kier alpha value is -1.10. The molecule has 0 saturated carbocycles. The first kappa shape index (κ1) is 13.3. The molecule has 0 aliphatic carbocycles. The van der Waals surface area contributed by atoms with Crippen molar-refractivity contribution in [2.45, 2.75) is 18.4 Å². The number of ether oxygens (including phenoxy) is 1. The van der Waals surface area contributed by atoms with E-state index in [1.807, 2.05) is 24.3 Å². The minimum Gasteiger partial charge on any atom is -0.496 e. The summed E-state index contributed by atoms with van der Waals surface area (Å²) in [5.41, 5.74) is 5.70. The van der Waals surface area contributed by atoms with Gasteiger partial charge in [0.25, 0.3) is 0 Å². The molecule has 0 aromatic heterocycles. The highest BCUT2D eigenvalue weighted by Gasteiger charge is 2.35. The van der Waals surface area contributed by atoms with E-state index in [0.717, 1.165) is 43.8 Å². The number of methoxy groups -OCH3 is 1. The molecule has 1 fully saturated rings. The SMILES string of the molecule is COc1ccccc1C1(O)CCN(CCN)CC1. The smallest absolute Gasteiger partial charge is 0.124 e. The predicted molar refractivity (Wildman–Crippen MR) is 71.6 cm³/mol. The summed E-state index contributed by atoms with van der Waals surface area (Å²) in [6.45, 7) is 3.34. The summed E-state index contributed by atoms with van der Waals surface area (Å²) in [6.07, 6.45) is 1.46. The van der Waals surface area contributed by atoms with Gasteiger partial charge in [-0.05, 0) is 18.9 Å². The third-order valence-corrected chi connectivity index (χ3v) is 3.74. The fourth-order valence-corrected chi connectivity index (χ4v) is 2.63. The molecule has 4 nitrogen and oxygen atoms in total. The average molecular weight is 250 g/mol. The van der Waals surface area contributed by atoms with E-state index in [0.29, 0.717) is 6.54 Å². The van der Waals surface area contributed by atoms with E-state index < -0.39 is 5.60 Å². The maximum Gasteiger partial charge on any atom is 0.124 e. The van der Waals surface area contributed by atoms with Gasteiger partial charge in [-0.15, -0.1) is 0 Å². The van der Waals surface area contributed by atoms with Crippen LogP contribution in [0.3, 0.4) is 0 Å². The van der Waals surface area contributed by atoms with Gasteiger partial charge in [-0.1, -0.05) is 18.2 Å². The number of likely N-dealkylation sites (tertiary alicyclic amines) is 1. The molecule has 18 heavy (non-hydrogen) atoms. The topological polar surface area (TPSA) is 58.7 Å². The Labute approximate surface area is 108 Å². The van der Waals surface area contributed by atoms with Crippen LogP contribution >= 0.6 is 0 Å². The van der Waals surface area contributed by atoms with Crippen LogP contribution in [-0.4, -0.2) is 43.3 Å². The van der Waals surface area contributed by atoms with Crippen molar-refractivity contribution in [3.8, 4) is 5.75 Å². The van der Waals surface area contributed by atoms with Crippen LogP contribution in [-0.2, 0) is 5.60 Å². The molecule has 2 rings (SSSR count). The van der Waals surface area contributed by atoms with Gasteiger partial charge < -0.3 is 20.5 Å². The van der Waals surface area contributed by atoms with Crippen LogP contribution < -0.4 is 10.5 Å². The zero-order chi connectivity index (χ0) is 13.0. The van der Waals surface area contributed by atoms with Gasteiger partial charge in [0.2, 0.25) is 0 Å². The van der Waals surface area contributed by atoms with Crippen molar-refractivity contribution in [2.24, 2.45) is 5.73 Å². The maximum atomic E-state index is 10.8. The van der Waals surface area contributed by atoms with Crippen molar-refractivity contribution in [1.82, 2.24) is 4.90 Å². The van der Waals surface area contributed by atoms with E-state index in [1.165, 1.54) is 0 Å². The van der Waals surface area contributed by atoms with Crippen LogP contribution in [0.15, 0.2) is 24.3 Å². The van der Waals surface area contributed by atoms with Crippen LogP contribution in [0.4, 0.5) is 0 Å². The number of piperidine rings is 1. The van der Waals surface area contributed by atoms with Crippen molar-refractivity contribution < 1.29 is 9.84 Å². The lowest BCUT2D eigenvalue weighted by Crippen LogP contribution is -2.44. The van der Waals surface area contributed by atoms with Gasteiger partial charge in [-0.2, -0.15) is 0 Å². The van der Waals surface area contributed by atoms with Crippen molar-refractivity contribution in [3.05, 3.63) is 29.8 Å². The van der Waals surface area contributed by atoms with E-state index in [4.69, 9.17) is 10.5 Å². The highest BCUT2D eigenvalue weighted by molar-refractivity contribution is 5.38. The van der Waals surface area contributed by atoms with Crippen LogP contribution in [0.25, 0.3) is 0 Å². The molecule has 1 aliphatic heterocycles. The summed E-state index contributed by atoms with van der Waals surface area (Å²) in [5.74, 6) is 0.771. The minimum atomic E-state index is -0.766. The Morgan fingerprint density at radius 3 is 2.61 bits per heavy atom. The molecule has 1 heterocycles. The first-order valence-corrected chi connectivity index (χ1v) is 6.48. The van der Waals surface area contributed by atoms with Gasteiger partial charge in [0.1, 0.15) is 5.75 Å². The molecule has 0 spiro atoms. The second-order valence-electron chi connectivity index (χ2n) is 4.86. The van der Waals surface area contributed by atoms with Crippen LogP contribution in [0, 0.1) is 0 Å². The summed E-state index contributed by atoms with van der Waals surface area (Å²) in [4.78, 5) is 2.30. The molecule has 3 N–H and O–H groups in total. The van der Waals surface area contributed by atoms with Crippen molar-refractivity contribution >= 4 is 0 Å². The lowest BCUT2D eigenvalue weighted by Gasteiger charge is -2.38. The third-order valence-electron chi connectivity index (χ3n) is 3.74. The van der Waals surface area contributed by atoms with Crippen molar-refractivity contribution in [2.75, 3.05) is 33.3 Å². The molecule has 1 aromatic rings. The molecule has 0 atom stereocenters. The summed E-state index contributed by atoms with van der Waals surface area (Å²) in [7, 11) is 1.64. The fourth-order valence-electron chi connectivity index (χ4n) is 2.63. The van der Waals surface area contributed by atoms with Crippen molar-refractivity contribution in [3.63, 3.8) is 0 Å². The third kappa shape index (κ3) is 2.66. The normalized spacial score (nSPS) is 19.7. The monoisotopic (exact) mass is 250 g/mol. The molecule has 0 bridgehead atoms. The zero-order valence-electron chi connectivity index (χ0n) is 10.9. The van der Waals surface area contributed by atoms with Gasteiger partial charge >= 0.3 is 0 Å². The Balaban J connectivity index is 2.13. The molecule has 4 heteroatoms. The van der Waals surface area contributed by atoms with Crippen molar-refractivity contribution in [1.29, 1.82) is 0 Å². The lowest BCUT2D eigenvalue weighted by atomic mass is 9.84. The Morgan fingerprint density at radius 1 is 1.33 bits per heavy atom. The quantitative estimate of drug-likeness (QED) is 0.835. The largest absolute Gasteiger partial charge is 0.496 e. The molecular weight excluding hydrogens is 228 g/mol. The zero-order valence-corrected chi connectivity index (χ0v) is 10.9. The van der Waals surface area contributed by atoms with Gasteiger partial charge in [0, 0.05) is 31.7 Å². The molecule has 1 saturated heterocycles.